The number of nitro groups is 1. The van der Waals surface area contributed by atoms with Gasteiger partial charge in [-0.05, 0) is 13.0 Å². The van der Waals surface area contributed by atoms with Crippen LogP contribution in [0.5, 0.6) is 11.5 Å². The number of non-ortho nitro benzene ring substituents is 1. The molecule has 1 rings (SSSR count). The molecule has 1 aromatic rings. The number of ether oxygens (including phenoxy) is 2. The minimum Gasteiger partial charge on any atom is -0.870 e. The van der Waals surface area contributed by atoms with E-state index in [1.54, 1.807) is 0 Å². The number of rotatable bonds is 4. The van der Waals surface area contributed by atoms with Crippen molar-refractivity contribution in [3.05, 3.63) is 28.3 Å². The molecule has 0 bridgehead atoms. The van der Waals surface area contributed by atoms with Gasteiger partial charge in [0.05, 0.1) is 24.7 Å². The second-order valence-electron chi connectivity index (χ2n) is 2.53. The van der Waals surface area contributed by atoms with E-state index >= 15 is 0 Å². The van der Waals surface area contributed by atoms with E-state index in [-0.39, 0.29) is 40.7 Å². The molecule has 84 valence electrons. The van der Waals surface area contributed by atoms with Gasteiger partial charge in [-0.15, -0.1) is 0 Å². The molecule has 0 aliphatic heterocycles. The SMILES string of the molecule is CCOc1ccc([N+](=O)[O-])cc1OC.[Na+].[OH-]. The summed E-state index contributed by atoms with van der Waals surface area (Å²) < 4.78 is 10.2. The van der Waals surface area contributed by atoms with E-state index < -0.39 is 4.92 Å². The molecule has 16 heavy (non-hydrogen) atoms. The molecule has 7 heteroatoms. The molecule has 0 unspecified atom stereocenters. The predicted molar refractivity (Wildman–Crippen MR) is 52.8 cm³/mol. The van der Waals surface area contributed by atoms with Crippen LogP contribution in [0.2, 0.25) is 0 Å². The van der Waals surface area contributed by atoms with Crippen LogP contribution in [0.4, 0.5) is 5.69 Å². The summed E-state index contributed by atoms with van der Waals surface area (Å²) in [6.07, 6.45) is 0. The average Bonchev–Trinajstić information content (AvgIpc) is 2.18. The summed E-state index contributed by atoms with van der Waals surface area (Å²) in [6.45, 7) is 2.33. The van der Waals surface area contributed by atoms with Crippen molar-refractivity contribution in [1.82, 2.24) is 0 Å². The topological polar surface area (TPSA) is 91.6 Å². The van der Waals surface area contributed by atoms with Crippen LogP contribution in [0.15, 0.2) is 18.2 Å². The summed E-state index contributed by atoms with van der Waals surface area (Å²) in [4.78, 5) is 9.97. The molecule has 1 aromatic carbocycles. The Bertz CT molecular complexity index is 345. The Morgan fingerprint density at radius 1 is 1.38 bits per heavy atom. The van der Waals surface area contributed by atoms with Crippen LogP contribution < -0.4 is 39.0 Å². The van der Waals surface area contributed by atoms with E-state index in [1.165, 1.54) is 25.3 Å². The molecular formula is C9H12NNaO5. The molecule has 0 atom stereocenters. The van der Waals surface area contributed by atoms with Gasteiger partial charge < -0.3 is 14.9 Å². The van der Waals surface area contributed by atoms with Gasteiger partial charge in [0, 0.05) is 6.07 Å². The minimum absolute atomic E-state index is 0. The molecule has 1 N–H and O–H groups in total. The third-order valence-electron chi connectivity index (χ3n) is 1.66. The number of nitro benzene ring substituents is 1. The monoisotopic (exact) mass is 237 g/mol. The van der Waals surface area contributed by atoms with Crippen molar-refractivity contribution in [2.24, 2.45) is 0 Å². The Morgan fingerprint density at radius 2 is 2.00 bits per heavy atom. The van der Waals surface area contributed by atoms with Crippen molar-refractivity contribution >= 4 is 5.69 Å². The van der Waals surface area contributed by atoms with Crippen molar-refractivity contribution < 1.29 is 49.4 Å². The summed E-state index contributed by atoms with van der Waals surface area (Å²) in [5, 5.41) is 10.4. The first-order chi connectivity index (χ1) is 6.69. The van der Waals surface area contributed by atoms with Crippen molar-refractivity contribution in [1.29, 1.82) is 0 Å². The first-order valence-corrected chi connectivity index (χ1v) is 4.14. The van der Waals surface area contributed by atoms with Gasteiger partial charge in [0.15, 0.2) is 11.5 Å². The van der Waals surface area contributed by atoms with Crippen molar-refractivity contribution in [3.63, 3.8) is 0 Å². The van der Waals surface area contributed by atoms with Gasteiger partial charge in [-0.2, -0.15) is 0 Å². The van der Waals surface area contributed by atoms with Gasteiger partial charge >= 0.3 is 29.6 Å². The Labute approximate surface area is 115 Å². The van der Waals surface area contributed by atoms with Crippen molar-refractivity contribution in [2.75, 3.05) is 13.7 Å². The number of methoxy groups -OCH3 is 1. The molecule has 0 fully saturated rings. The summed E-state index contributed by atoms with van der Waals surface area (Å²) in [6, 6.07) is 4.25. The quantitative estimate of drug-likeness (QED) is 0.374. The largest absolute Gasteiger partial charge is 1.00 e. The molecule has 0 amide bonds. The van der Waals surface area contributed by atoms with Crippen molar-refractivity contribution in [3.8, 4) is 11.5 Å². The van der Waals surface area contributed by atoms with Gasteiger partial charge in [0.2, 0.25) is 0 Å². The van der Waals surface area contributed by atoms with E-state index in [0.29, 0.717) is 18.1 Å². The summed E-state index contributed by atoms with van der Waals surface area (Å²) in [5.41, 5.74) is -0.00898. The van der Waals surface area contributed by atoms with Crippen LogP contribution in [0.25, 0.3) is 0 Å². The van der Waals surface area contributed by atoms with E-state index in [4.69, 9.17) is 9.47 Å². The summed E-state index contributed by atoms with van der Waals surface area (Å²) >= 11 is 0. The molecule has 0 saturated carbocycles. The second kappa shape index (κ2) is 8.35. The first-order valence-electron chi connectivity index (χ1n) is 4.14. The van der Waals surface area contributed by atoms with Gasteiger partial charge in [-0.25, -0.2) is 0 Å². The third kappa shape index (κ3) is 4.36. The molecule has 6 nitrogen and oxygen atoms in total. The maximum Gasteiger partial charge on any atom is 1.00 e. The molecule has 0 heterocycles. The van der Waals surface area contributed by atoms with Crippen LogP contribution in [-0.2, 0) is 0 Å². The van der Waals surface area contributed by atoms with Gasteiger partial charge in [0.25, 0.3) is 5.69 Å². The fourth-order valence-electron chi connectivity index (χ4n) is 1.04. The van der Waals surface area contributed by atoms with Gasteiger partial charge in [0.1, 0.15) is 0 Å². The predicted octanol–water partition coefficient (Wildman–Crippen LogP) is -1.17. The van der Waals surface area contributed by atoms with E-state index in [0.717, 1.165) is 0 Å². The van der Waals surface area contributed by atoms with Crippen LogP contribution in [0.3, 0.4) is 0 Å². The standard InChI is InChI=1S/C9H11NO4.Na.H2O/c1-3-14-8-5-4-7(10(11)12)6-9(8)13-2;;/h4-6H,3H2,1-2H3;;1H2/q;+1;/p-1. The fourth-order valence-corrected chi connectivity index (χ4v) is 1.04. The molecule has 0 radical (unpaired) electrons. The molecule has 0 aliphatic carbocycles. The number of hydrogen-bond acceptors (Lipinski definition) is 5. The Balaban J connectivity index is 0. The molecule has 0 aliphatic rings. The van der Waals surface area contributed by atoms with Crippen LogP contribution in [-0.4, -0.2) is 24.1 Å². The first kappa shape index (κ1) is 17.6. The third-order valence-corrected chi connectivity index (χ3v) is 1.66. The average molecular weight is 237 g/mol. The maximum atomic E-state index is 10.4. The minimum atomic E-state index is -0.474. The number of benzene rings is 1. The van der Waals surface area contributed by atoms with Crippen molar-refractivity contribution in [2.45, 2.75) is 6.92 Å². The Hall–Kier alpha value is -0.820. The fraction of sp³-hybridized carbons (Fsp3) is 0.333. The number of nitrogens with zero attached hydrogens (tertiary/aromatic N) is 1. The normalized spacial score (nSPS) is 8.38. The Morgan fingerprint density at radius 3 is 2.44 bits per heavy atom. The van der Waals surface area contributed by atoms with E-state index in [1.807, 2.05) is 6.92 Å². The second-order valence-corrected chi connectivity index (χ2v) is 2.53. The molecule has 0 saturated heterocycles. The van der Waals surface area contributed by atoms with E-state index in [2.05, 4.69) is 0 Å². The Kier molecular flexibility index (Phi) is 9.17. The van der Waals surface area contributed by atoms with Crippen LogP contribution in [0.1, 0.15) is 6.92 Å². The molecular weight excluding hydrogens is 225 g/mol. The smallest absolute Gasteiger partial charge is 0.870 e. The van der Waals surface area contributed by atoms with Crippen LogP contribution >= 0.6 is 0 Å². The van der Waals surface area contributed by atoms with E-state index in [9.17, 15) is 10.1 Å². The zero-order chi connectivity index (χ0) is 10.6. The van der Waals surface area contributed by atoms with Gasteiger partial charge in [-0.3, -0.25) is 10.1 Å². The summed E-state index contributed by atoms with van der Waals surface area (Å²) in [5.74, 6) is 0.890. The molecule has 0 spiro atoms. The van der Waals surface area contributed by atoms with Crippen LogP contribution in [0, 0.1) is 10.1 Å². The maximum absolute atomic E-state index is 10.4. The summed E-state index contributed by atoms with van der Waals surface area (Å²) in [7, 11) is 1.45. The zero-order valence-corrected chi connectivity index (χ0v) is 11.5. The van der Waals surface area contributed by atoms with Gasteiger partial charge in [-0.1, -0.05) is 0 Å². The number of hydrogen-bond donors (Lipinski definition) is 0. The zero-order valence-electron chi connectivity index (χ0n) is 9.47. The molecule has 0 aromatic heterocycles.